The van der Waals surface area contributed by atoms with E-state index in [0.717, 1.165) is 11.1 Å². The highest BCUT2D eigenvalue weighted by molar-refractivity contribution is 5.92. The zero-order valence-corrected chi connectivity index (χ0v) is 13.8. The van der Waals surface area contributed by atoms with Crippen molar-refractivity contribution in [2.24, 2.45) is 5.16 Å². The zero-order chi connectivity index (χ0) is 18.2. The molecule has 0 aliphatic rings. The smallest absolute Gasteiger partial charge is 0.387 e. The summed E-state index contributed by atoms with van der Waals surface area (Å²) < 4.78 is 29.0. The molecule has 7 heteroatoms. The van der Waals surface area contributed by atoms with Crippen LogP contribution in [-0.4, -0.2) is 25.3 Å². The van der Waals surface area contributed by atoms with Crippen LogP contribution in [0.15, 0.2) is 47.6 Å². The van der Waals surface area contributed by atoms with E-state index in [1.54, 1.807) is 18.2 Å². The van der Waals surface area contributed by atoms with E-state index in [1.165, 1.54) is 12.3 Å². The van der Waals surface area contributed by atoms with E-state index in [1.807, 2.05) is 32.0 Å². The van der Waals surface area contributed by atoms with Gasteiger partial charge in [0.2, 0.25) is 0 Å². The third-order valence-electron chi connectivity index (χ3n) is 3.26. The zero-order valence-electron chi connectivity index (χ0n) is 13.8. The molecule has 132 valence electrons. The number of nitrogens with zero attached hydrogens (tertiary/aromatic N) is 1. The van der Waals surface area contributed by atoms with E-state index in [9.17, 15) is 13.6 Å². The van der Waals surface area contributed by atoms with Crippen LogP contribution in [0.3, 0.4) is 0 Å². The molecule has 0 aliphatic heterocycles. The Morgan fingerprint density at radius 3 is 2.76 bits per heavy atom. The van der Waals surface area contributed by atoms with E-state index in [0.29, 0.717) is 11.3 Å². The second-order valence-electron chi connectivity index (χ2n) is 5.29. The summed E-state index contributed by atoms with van der Waals surface area (Å²) in [5, 5.41) is 6.35. The average Bonchev–Trinajstić information content (AvgIpc) is 2.56. The van der Waals surface area contributed by atoms with Gasteiger partial charge in [0.05, 0.1) is 6.21 Å². The van der Waals surface area contributed by atoms with Gasteiger partial charge in [0, 0.05) is 11.3 Å². The number of oxime groups is 1. The quantitative estimate of drug-likeness (QED) is 0.610. The molecule has 25 heavy (non-hydrogen) atoms. The molecule has 0 saturated heterocycles. The van der Waals surface area contributed by atoms with E-state index in [-0.39, 0.29) is 18.3 Å². The number of benzene rings is 2. The fourth-order valence-corrected chi connectivity index (χ4v) is 2.04. The van der Waals surface area contributed by atoms with Crippen molar-refractivity contribution in [3.8, 4) is 5.75 Å². The number of halogens is 2. The molecule has 2 aromatic carbocycles. The monoisotopic (exact) mass is 348 g/mol. The minimum absolute atomic E-state index is 0.0234. The average molecular weight is 348 g/mol. The Morgan fingerprint density at radius 2 is 2.00 bits per heavy atom. The summed E-state index contributed by atoms with van der Waals surface area (Å²) in [5.41, 5.74) is 2.97. The van der Waals surface area contributed by atoms with Crippen molar-refractivity contribution in [2.45, 2.75) is 20.5 Å². The summed E-state index contributed by atoms with van der Waals surface area (Å²) in [6, 6.07) is 11.9. The van der Waals surface area contributed by atoms with E-state index >= 15 is 0 Å². The largest absolute Gasteiger partial charge is 0.434 e. The van der Waals surface area contributed by atoms with Crippen molar-refractivity contribution in [3.63, 3.8) is 0 Å². The number of amides is 1. The van der Waals surface area contributed by atoms with Gasteiger partial charge in [-0.3, -0.25) is 4.79 Å². The van der Waals surface area contributed by atoms with Gasteiger partial charge < -0.3 is 14.9 Å². The Balaban J connectivity index is 1.89. The number of carbonyl (C=O) groups is 1. The highest BCUT2D eigenvalue weighted by Crippen LogP contribution is 2.18. The molecule has 5 nitrogen and oxygen atoms in total. The van der Waals surface area contributed by atoms with Gasteiger partial charge in [-0.1, -0.05) is 29.4 Å². The summed E-state index contributed by atoms with van der Waals surface area (Å²) >= 11 is 0. The van der Waals surface area contributed by atoms with Gasteiger partial charge in [-0.05, 0) is 43.2 Å². The standard InChI is InChI=1S/C18H18F2N2O3/c1-12-7-8-13(2)15(9-12)22-17(23)11-24-21-10-14-5-3-4-6-16(14)25-18(19)20/h3-10,18H,11H2,1-2H3,(H,22,23)/b21-10-. The summed E-state index contributed by atoms with van der Waals surface area (Å²) in [5.74, 6) is -0.396. The van der Waals surface area contributed by atoms with Crippen molar-refractivity contribution in [2.75, 3.05) is 11.9 Å². The lowest BCUT2D eigenvalue weighted by Gasteiger charge is -2.09. The minimum Gasteiger partial charge on any atom is -0.434 e. The number of ether oxygens (including phenoxy) is 1. The molecule has 0 radical (unpaired) electrons. The molecule has 2 rings (SSSR count). The van der Waals surface area contributed by atoms with Crippen molar-refractivity contribution >= 4 is 17.8 Å². The molecule has 0 heterocycles. The molecule has 0 bridgehead atoms. The highest BCUT2D eigenvalue weighted by Gasteiger charge is 2.08. The first-order valence-electron chi connectivity index (χ1n) is 7.52. The highest BCUT2D eigenvalue weighted by atomic mass is 19.3. The summed E-state index contributed by atoms with van der Waals surface area (Å²) in [4.78, 5) is 16.8. The van der Waals surface area contributed by atoms with Crippen LogP contribution in [0.1, 0.15) is 16.7 Å². The number of rotatable bonds is 7. The first-order valence-corrected chi connectivity index (χ1v) is 7.52. The Morgan fingerprint density at radius 1 is 1.24 bits per heavy atom. The minimum atomic E-state index is -2.93. The lowest BCUT2D eigenvalue weighted by atomic mass is 10.1. The van der Waals surface area contributed by atoms with E-state index in [4.69, 9.17) is 4.84 Å². The van der Waals surface area contributed by atoms with Crippen LogP contribution >= 0.6 is 0 Å². The Hall–Kier alpha value is -2.96. The lowest BCUT2D eigenvalue weighted by Crippen LogP contribution is -2.17. The molecule has 0 atom stereocenters. The molecule has 0 unspecified atom stereocenters. The number of aryl methyl sites for hydroxylation is 2. The number of hydrogen-bond donors (Lipinski definition) is 1. The van der Waals surface area contributed by atoms with Crippen LogP contribution in [0.25, 0.3) is 0 Å². The molecule has 0 aliphatic carbocycles. The maximum absolute atomic E-state index is 12.3. The van der Waals surface area contributed by atoms with Gasteiger partial charge in [0.25, 0.3) is 5.91 Å². The van der Waals surface area contributed by atoms with Gasteiger partial charge in [-0.15, -0.1) is 0 Å². The maximum atomic E-state index is 12.3. The Bertz CT molecular complexity index is 764. The molecule has 0 fully saturated rings. The number of hydrogen-bond acceptors (Lipinski definition) is 4. The number of para-hydroxylation sites is 1. The normalized spacial score (nSPS) is 10.9. The van der Waals surface area contributed by atoms with E-state index in [2.05, 4.69) is 15.2 Å². The van der Waals surface area contributed by atoms with Gasteiger partial charge in [-0.25, -0.2) is 0 Å². The maximum Gasteiger partial charge on any atom is 0.387 e. The lowest BCUT2D eigenvalue weighted by molar-refractivity contribution is -0.120. The van der Waals surface area contributed by atoms with Gasteiger partial charge in [0.1, 0.15) is 5.75 Å². The molecule has 0 aromatic heterocycles. The molecule has 1 amide bonds. The SMILES string of the molecule is Cc1ccc(C)c(NC(=O)CO/N=C\c2ccccc2OC(F)F)c1. The summed E-state index contributed by atoms with van der Waals surface area (Å²) in [7, 11) is 0. The van der Waals surface area contributed by atoms with E-state index < -0.39 is 6.61 Å². The molecular weight excluding hydrogens is 330 g/mol. The van der Waals surface area contributed by atoms with Crippen LogP contribution in [0.4, 0.5) is 14.5 Å². The van der Waals surface area contributed by atoms with Crippen molar-refractivity contribution in [3.05, 3.63) is 59.2 Å². The van der Waals surface area contributed by atoms with Crippen molar-refractivity contribution in [1.82, 2.24) is 0 Å². The Labute approximate surface area is 144 Å². The predicted molar refractivity (Wildman–Crippen MR) is 91.2 cm³/mol. The fraction of sp³-hybridized carbons (Fsp3) is 0.222. The first kappa shape index (κ1) is 18.4. The second kappa shape index (κ2) is 8.77. The third-order valence-corrected chi connectivity index (χ3v) is 3.26. The topological polar surface area (TPSA) is 59.9 Å². The predicted octanol–water partition coefficient (Wildman–Crippen LogP) is 3.89. The molecule has 0 spiro atoms. The Kier molecular flexibility index (Phi) is 6.45. The van der Waals surface area contributed by atoms with Crippen LogP contribution in [0.5, 0.6) is 5.75 Å². The van der Waals surface area contributed by atoms with Crippen molar-refractivity contribution < 1.29 is 23.1 Å². The molecule has 0 saturated carbocycles. The number of anilines is 1. The van der Waals surface area contributed by atoms with Crippen LogP contribution < -0.4 is 10.1 Å². The number of alkyl halides is 2. The van der Waals surface area contributed by atoms with Gasteiger partial charge >= 0.3 is 6.61 Å². The number of carbonyl (C=O) groups excluding carboxylic acids is 1. The van der Waals surface area contributed by atoms with Crippen LogP contribution in [0, 0.1) is 13.8 Å². The van der Waals surface area contributed by atoms with Gasteiger partial charge in [0.15, 0.2) is 6.61 Å². The first-order chi connectivity index (χ1) is 12.0. The third kappa shape index (κ3) is 5.87. The fourth-order valence-electron chi connectivity index (χ4n) is 2.04. The summed E-state index contributed by atoms with van der Waals surface area (Å²) in [6.45, 7) is 0.573. The molecule has 2 aromatic rings. The van der Waals surface area contributed by atoms with Crippen molar-refractivity contribution in [1.29, 1.82) is 0 Å². The van der Waals surface area contributed by atoms with Crippen LogP contribution in [0.2, 0.25) is 0 Å². The molecule has 1 N–H and O–H groups in total. The summed E-state index contributed by atoms with van der Waals surface area (Å²) in [6.07, 6.45) is 1.21. The van der Waals surface area contributed by atoms with Crippen LogP contribution in [-0.2, 0) is 9.63 Å². The second-order valence-corrected chi connectivity index (χ2v) is 5.29. The van der Waals surface area contributed by atoms with Gasteiger partial charge in [-0.2, -0.15) is 8.78 Å². The molecular formula is C18H18F2N2O3. The number of nitrogens with one attached hydrogen (secondary N) is 1.